The van der Waals surface area contributed by atoms with Gasteiger partial charge >= 0.3 is 0 Å². The molecule has 1 heterocycles. The van der Waals surface area contributed by atoms with Crippen LogP contribution < -0.4 is 27.0 Å². The summed E-state index contributed by atoms with van der Waals surface area (Å²) < 4.78 is 0. The monoisotopic (exact) mass is 605 g/mol. The Hall–Kier alpha value is -4.09. The Morgan fingerprint density at radius 1 is 0.907 bits per heavy atom. The predicted octanol–water partition coefficient (Wildman–Crippen LogP) is 4.80. The SMILES string of the molecule is CC(C)(C)c1ccc(C(=O)NC(=S)Nc2ccc(NC(=O)CCCCCCCNC(=O)[C@@H](N)Cc3cnc[nH]3)cc2)cc1. The van der Waals surface area contributed by atoms with Crippen LogP contribution in [-0.2, 0) is 21.4 Å². The first-order valence-corrected chi connectivity index (χ1v) is 15.1. The van der Waals surface area contributed by atoms with E-state index in [1.54, 1.807) is 48.9 Å². The number of rotatable bonds is 14. The van der Waals surface area contributed by atoms with E-state index in [9.17, 15) is 14.4 Å². The number of nitrogens with two attached hydrogens (primary N) is 1. The van der Waals surface area contributed by atoms with E-state index in [-0.39, 0.29) is 28.2 Å². The smallest absolute Gasteiger partial charge is 0.257 e. The van der Waals surface area contributed by atoms with Crippen molar-refractivity contribution in [2.45, 2.75) is 77.2 Å². The first-order valence-electron chi connectivity index (χ1n) is 14.6. The van der Waals surface area contributed by atoms with Crippen molar-refractivity contribution < 1.29 is 14.4 Å². The summed E-state index contributed by atoms with van der Waals surface area (Å²) in [6.07, 6.45) is 8.65. The molecule has 10 nitrogen and oxygen atoms in total. The Balaban J connectivity index is 1.25. The average molecular weight is 606 g/mol. The molecule has 1 atom stereocenters. The highest BCUT2D eigenvalue weighted by Crippen LogP contribution is 2.22. The van der Waals surface area contributed by atoms with Crippen molar-refractivity contribution in [2.24, 2.45) is 5.73 Å². The van der Waals surface area contributed by atoms with Crippen molar-refractivity contribution in [3.63, 3.8) is 0 Å². The van der Waals surface area contributed by atoms with Gasteiger partial charge in [-0.15, -0.1) is 0 Å². The Labute approximate surface area is 259 Å². The van der Waals surface area contributed by atoms with E-state index >= 15 is 0 Å². The van der Waals surface area contributed by atoms with Crippen LogP contribution in [0.3, 0.4) is 0 Å². The number of benzene rings is 2. The normalized spacial score (nSPS) is 11.8. The molecule has 0 fully saturated rings. The number of H-pyrrole nitrogens is 1. The molecule has 0 radical (unpaired) electrons. The average Bonchev–Trinajstić information content (AvgIpc) is 3.48. The molecule has 0 spiro atoms. The first-order chi connectivity index (χ1) is 20.5. The Bertz CT molecular complexity index is 1330. The fraction of sp³-hybridized carbons (Fsp3) is 0.406. The van der Waals surface area contributed by atoms with E-state index in [0.717, 1.165) is 43.4 Å². The highest BCUT2D eigenvalue weighted by atomic mass is 32.1. The number of hydrogen-bond acceptors (Lipinski definition) is 6. The van der Waals surface area contributed by atoms with Crippen LogP contribution >= 0.6 is 12.2 Å². The van der Waals surface area contributed by atoms with Gasteiger partial charge in [0.1, 0.15) is 0 Å². The maximum absolute atomic E-state index is 12.5. The molecule has 0 bridgehead atoms. The maximum Gasteiger partial charge on any atom is 0.257 e. The molecular formula is C32H43N7O3S. The first kappa shape index (κ1) is 33.4. The van der Waals surface area contributed by atoms with Crippen LogP contribution in [0.1, 0.15) is 80.9 Å². The number of anilines is 2. The molecule has 0 aliphatic rings. The standard InChI is InChI=1S/C32H43N7O3S/c1-32(2,3)23-12-10-22(11-13-23)29(41)39-31(43)38-25-16-14-24(15-17-25)37-28(40)9-7-5-4-6-8-18-35-30(42)27(33)19-26-20-34-21-36-26/h10-17,20-21,27H,4-9,18-19,33H2,1-3H3,(H,34,36)(H,35,42)(H,37,40)(H2,38,39,41,43)/t27-/m0/s1. The lowest BCUT2D eigenvalue weighted by molar-refractivity contribution is -0.122. The van der Waals surface area contributed by atoms with Gasteiger partial charge in [0.05, 0.1) is 12.4 Å². The van der Waals surface area contributed by atoms with Crippen LogP contribution in [-0.4, -0.2) is 45.4 Å². The molecule has 1 aromatic heterocycles. The van der Waals surface area contributed by atoms with Crippen LogP contribution in [0.15, 0.2) is 61.1 Å². The Morgan fingerprint density at radius 2 is 1.53 bits per heavy atom. The number of amides is 3. The second kappa shape index (κ2) is 16.5. The summed E-state index contributed by atoms with van der Waals surface area (Å²) in [5.74, 6) is -0.489. The molecule has 7 N–H and O–H groups in total. The van der Waals surface area contributed by atoms with E-state index in [2.05, 4.69) is 52.0 Å². The minimum Gasteiger partial charge on any atom is -0.355 e. The third-order valence-corrected chi connectivity index (χ3v) is 7.08. The fourth-order valence-corrected chi connectivity index (χ4v) is 4.54. The molecule has 230 valence electrons. The number of hydrogen-bond donors (Lipinski definition) is 6. The van der Waals surface area contributed by atoms with E-state index in [4.69, 9.17) is 18.0 Å². The van der Waals surface area contributed by atoms with E-state index in [1.165, 1.54) is 0 Å². The van der Waals surface area contributed by atoms with Crippen molar-refractivity contribution >= 4 is 46.4 Å². The van der Waals surface area contributed by atoms with Gasteiger partial charge in [-0.25, -0.2) is 4.98 Å². The summed E-state index contributed by atoms with van der Waals surface area (Å²) in [5.41, 5.74) is 9.83. The molecule has 0 aliphatic heterocycles. The molecule has 0 saturated heterocycles. The number of nitrogens with one attached hydrogen (secondary N) is 5. The zero-order chi connectivity index (χ0) is 31.2. The van der Waals surface area contributed by atoms with Crippen molar-refractivity contribution in [1.29, 1.82) is 0 Å². The van der Waals surface area contributed by atoms with Crippen molar-refractivity contribution in [1.82, 2.24) is 20.6 Å². The van der Waals surface area contributed by atoms with Crippen LogP contribution in [0.4, 0.5) is 11.4 Å². The Morgan fingerprint density at radius 3 is 2.16 bits per heavy atom. The van der Waals surface area contributed by atoms with Gasteiger partial charge in [0.15, 0.2) is 5.11 Å². The quantitative estimate of drug-likeness (QED) is 0.114. The number of nitrogens with zero attached hydrogens (tertiary/aromatic N) is 1. The summed E-state index contributed by atoms with van der Waals surface area (Å²) in [4.78, 5) is 43.8. The molecule has 3 aromatic rings. The highest BCUT2D eigenvalue weighted by Gasteiger charge is 2.15. The number of imidazole rings is 1. The van der Waals surface area contributed by atoms with E-state index in [1.807, 2.05) is 12.1 Å². The van der Waals surface area contributed by atoms with Gasteiger partial charge in [0, 0.05) is 48.2 Å². The molecule has 0 aliphatic carbocycles. The molecule has 3 rings (SSSR count). The van der Waals surface area contributed by atoms with Crippen LogP contribution in [0.5, 0.6) is 0 Å². The fourth-order valence-electron chi connectivity index (χ4n) is 4.33. The number of aromatic amines is 1. The largest absolute Gasteiger partial charge is 0.355 e. The summed E-state index contributed by atoms with van der Waals surface area (Å²) >= 11 is 5.29. The topological polar surface area (TPSA) is 154 Å². The second-order valence-electron chi connectivity index (χ2n) is 11.6. The third kappa shape index (κ3) is 12.0. The van der Waals surface area contributed by atoms with Crippen molar-refractivity contribution in [3.8, 4) is 0 Å². The van der Waals surface area contributed by atoms with Gasteiger partial charge in [-0.1, -0.05) is 52.2 Å². The molecule has 43 heavy (non-hydrogen) atoms. The molecule has 2 aromatic carbocycles. The number of carbonyl (C=O) groups excluding carboxylic acids is 3. The van der Waals surface area contributed by atoms with Crippen LogP contribution in [0.2, 0.25) is 0 Å². The van der Waals surface area contributed by atoms with Gasteiger partial charge in [-0.2, -0.15) is 0 Å². The van der Waals surface area contributed by atoms with Crippen molar-refractivity contribution in [2.75, 3.05) is 17.2 Å². The summed E-state index contributed by atoms with van der Waals surface area (Å²) in [7, 11) is 0. The number of carbonyl (C=O) groups is 3. The lowest BCUT2D eigenvalue weighted by Gasteiger charge is -2.19. The number of unbranched alkanes of at least 4 members (excludes halogenated alkanes) is 4. The summed E-state index contributed by atoms with van der Waals surface area (Å²) in [5, 5.41) is 11.7. The molecule has 11 heteroatoms. The molecule has 3 amide bonds. The van der Waals surface area contributed by atoms with Gasteiger partial charge in [0.2, 0.25) is 11.8 Å². The molecule has 0 saturated carbocycles. The zero-order valence-corrected chi connectivity index (χ0v) is 26.0. The predicted molar refractivity (Wildman–Crippen MR) is 175 cm³/mol. The van der Waals surface area contributed by atoms with Crippen LogP contribution in [0.25, 0.3) is 0 Å². The summed E-state index contributed by atoms with van der Waals surface area (Å²) in [6.45, 7) is 6.95. The van der Waals surface area contributed by atoms with Crippen molar-refractivity contribution in [3.05, 3.63) is 77.9 Å². The third-order valence-electron chi connectivity index (χ3n) is 6.88. The van der Waals surface area contributed by atoms with E-state index in [0.29, 0.717) is 36.3 Å². The molecule has 0 unspecified atom stereocenters. The van der Waals surface area contributed by atoms with Gasteiger partial charge < -0.3 is 26.7 Å². The summed E-state index contributed by atoms with van der Waals surface area (Å²) in [6, 6.07) is 14.0. The van der Waals surface area contributed by atoms with Gasteiger partial charge in [-0.05, 0) is 72.4 Å². The maximum atomic E-state index is 12.5. The lowest BCUT2D eigenvalue weighted by Crippen LogP contribution is -2.42. The second-order valence-corrected chi connectivity index (χ2v) is 12.0. The number of aromatic nitrogens is 2. The minimum absolute atomic E-state index is 0.0119. The molecular weight excluding hydrogens is 562 g/mol. The van der Waals surface area contributed by atoms with Crippen LogP contribution in [0, 0.1) is 0 Å². The highest BCUT2D eigenvalue weighted by molar-refractivity contribution is 7.80. The lowest BCUT2D eigenvalue weighted by atomic mass is 9.87. The number of thiocarbonyl (C=S) groups is 1. The Kier molecular flexibility index (Phi) is 12.8. The zero-order valence-electron chi connectivity index (χ0n) is 25.2. The van der Waals surface area contributed by atoms with Gasteiger partial charge in [0.25, 0.3) is 5.91 Å². The van der Waals surface area contributed by atoms with E-state index < -0.39 is 6.04 Å². The minimum atomic E-state index is -0.598. The van der Waals surface area contributed by atoms with Gasteiger partial charge in [-0.3, -0.25) is 19.7 Å².